The summed E-state index contributed by atoms with van der Waals surface area (Å²) in [6.07, 6.45) is 1.43. The third kappa shape index (κ3) is 3.51. The molecule has 0 radical (unpaired) electrons. The Hall–Kier alpha value is -2.40. The van der Waals surface area contributed by atoms with E-state index in [2.05, 4.69) is 14.9 Å². The van der Waals surface area contributed by atoms with Gasteiger partial charge in [-0.1, -0.05) is 0 Å². The first-order valence-electron chi connectivity index (χ1n) is 6.57. The molecule has 2 aromatic rings. The highest BCUT2D eigenvalue weighted by Gasteiger charge is 2.27. The zero-order valence-electron chi connectivity index (χ0n) is 12.4. The van der Waals surface area contributed by atoms with E-state index in [0.29, 0.717) is 18.4 Å². The minimum absolute atomic E-state index is 0.0126. The van der Waals surface area contributed by atoms with Crippen LogP contribution in [-0.2, 0) is 23.1 Å². The maximum absolute atomic E-state index is 13.6. The highest BCUT2D eigenvalue weighted by Crippen LogP contribution is 2.26. The van der Waals surface area contributed by atoms with Crippen LogP contribution in [-0.4, -0.2) is 28.1 Å². The summed E-state index contributed by atoms with van der Waals surface area (Å²) >= 11 is 0. The van der Waals surface area contributed by atoms with Gasteiger partial charge in [0.1, 0.15) is 18.0 Å². The van der Waals surface area contributed by atoms with Crippen LogP contribution in [0.4, 0.5) is 10.1 Å². The highest BCUT2D eigenvalue weighted by atomic mass is 32.2. The van der Waals surface area contributed by atoms with Crippen molar-refractivity contribution in [1.29, 1.82) is 0 Å². The smallest absolute Gasteiger partial charge is 0.289 e. The van der Waals surface area contributed by atoms with E-state index < -0.39 is 31.3 Å². The van der Waals surface area contributed by atoms with Gasteiger partial charge in [-0.3, -0.25) is 10.1 Å². The van der Waals surface area contributed by atoms with E-state index in [1.165, 1.54) is 13.3 Å². The molecule has 1 aromatic carbocycles. The molecular formula is C12H14FN5O4S. The number of hydrogen-bond donors (Lipinski definition) is 1. The Morgan fingerprint density at radius 2 is 2.13 bits per heavy atom. The number of aromatic nitrogens is 3. The largest absolute Gasteiger partial charge is 0.317 e. The van der Waals surface area contributed by atoms with Crippen molar-refractivity contribution >= 4 is 15.7 Å². The number of sulfonamides is 1. The quantitative estimate of drug-likeness (QED) is 0.620. The lowest BCUT2D eigenvalue weighted by molar-refractivity contribution is -0.387. The van der Waals surface area contributed by atoms with Crippen LogP contribution in [0.5, 0.6) is 0 Å². The lowest BCUT2D eigenvalue weighted by Gasteiger charge is -2.09. The molecule has 0 unspecified atom stereocenters. The van der Waals surface area contributed by atoms with Gasteiger partial charge in [-0.2, -0.15) is 0 Å². The molecule has 0 aliphatic carbocycles. The minimum Gasteiger partial charge on any atom is -0.317 e. The molecule has 0 amide bonds. The second-order valence-electron chi connectivity index (χ2n) is 4.68. The Balaban J connectivity index is 2.36. The molecule has 0 spiro atoms. The van der Waals surface area contributed by atoms with Gasteiger partial charge in [0.15, 0.2) is 4.90 Å². The van der Waals surface area contributed by atoms with Crippen molar-refractivity contribution < 1.29 is 17.7 Å². The van der Waals surface area contributed by atoms with Crippen LogP contribution in [0.3, 0.4) is 0 Å². The fourth-order valence-electron chi connectivity index (χ4n) is 1.92. The monoisotopic (exact) mass is 343 g/mol. The molecule has 0 aliphatic rings. The standard InChI is InChI=1S/C12H14FN5O4S/c1-3-17-7-14-16-12(17)6-15-23(21,22)11-5-9(13)8(2)4-10(11)18(19)20/h4-5,7,15H,3,6H2,1-2H3. The molecule has 0 bridgehead atoms. The molecule has 11 heteroatoms. The fourth-order valence-corrected chi connectivity index (χ4v) is 3.07. The number of nitrogens with zero attached hydrogens (tertiary/aromatic N) is 4. The number of aryl methyl sites for hydroxylation is 2. The van der Waals surface area contributed by atoms with Gasteiger partial charge in [-0.25, -0.2) is 17.5 Å². The summed E-state index contributed by atoms with van der Waals surface area (Å²) in [7, 11) is -4.29. The lowest BCUT2D eigenvalue weighted by atomic mass is 10.2. The molecule has 9 nitrogen and oxygen atoms in total. The predicted octanol–water partition coefficient (Wildman–Crippen LogP) is 1.13. The third-order valence-corrected chi connectivity index (χ3v) is 4.61. The summed E-state index contributed by atoms with van der Waals surface area (Å²) in [5.74, 6) is -0.501. The molecule has 0 saturated heterocycles. The fraction of sp³-hybridized carbons (Fsp3) is 0.333. The van der Waals surface area contributed by atoms with Crippen LogP contribution >= 0.6 is 0 Å². The van der Waals surface area contributed by atoms with Gasteiger partial charge in [-0.15, -0.1) is 10.2 Å². The minimum atomic E-state index is -4.29. The van der Waals surface area contributed by atoms with E-state index in [4.69, 9.17) is 0 Å². The van der Waals surface area contributed by atoms with Crippen molar-refractivity contribution in [2.24, 2.45) is 0 Å². The first-order valence-corrected chi connectivity index (χ1v) is 8.05. The van der Waals surface area contributed by atoms with Crippen LogP contribution < -0.4 is 4.72 Å². The summed E-state index contributed by atoms with van der Waals surface area (Å²) in [5, 5.41) is 18.4. The van der Waals surface area contributed by atoms with E-state index >= 15 is 0 Å². The van der Waals surface area contributed by atoms with Crippen molar-refractivity contribution in [3.8, 4) is 0 Å². The third-order valence-electron chi connectivity index (χ3n) is 3.18. The van der Waals surface area contributed by atoms with Crippen LogP contribution in [0, 0.1) is 22.9 Å². The van der Waals surface area contributed by atoms with Gasteiger partial charge in [-0.05, 0) is 19.4 Å². The number of halogens is 1. The molecule has 1 aromatic heterocycles. The van der Waals surface area contributed by atoms with Gasteiger partial charge in [0.05, 0.1) is 11.5 Å². The molecule has 0 fully saturated rings. The van der Waals surface area contributed by atoms with Gasteiger partial charge in [0, 0.05) is 18.7 Å². The molecule has 124 valence electrons. The second kappa shape index (κ2) is 6.38. The van der Waals surface area contributed by atoms with Crippen LogP contribution in [0.15, 0.2) is 23.4 Å². The number of benzene rings is 1. The molecule has 0 aliphatic heterocycles. The molecule has 0 atom stereocenters. The van der Waals surface area contributed by atoms with E-state index in [1.54, 1.807) is 4.57 Å². The number of hydrogen-bond acceptors (Lipinski definition) is 6. The first-order chi connectivity index (χ1) is 10.8. The number of nitro benzene ring substituents is 1. The molecule has 1 heterocycles. The van der Waals surface area contributed by atoms with Gasteiger partial charge in [0.25, 0.3) is 5.69 Å². The number of nitrogens with one attached hydrogen (secondary N) is 1. The van der Waals surface area contributed by atoms with E-state index in [-0.39, 0.29) is 12.1 Å². The Bertz CT molecular complexity index is 849. The van der Waals surface area contributed by atoms with Crippen molar-refractivity contribution in [2.75, 3.05) is 0 Å². The summed E-state index contributed by atoms with van der Waals surface area (Å²) in [5.41, 5.74) is -0.699. The Labute approximate surface area is 131 Å². The lowest BCUT2D eigenvalue weighted by Crippen LogP contribution is -2.26. The topological polar surface area (TPSA) is 120 Å². The Morgan fingerprint density at radius 3 is 2.74 bits per heavy atom. The molecule has 1 N–H and O–H groups in total. The average molecular weight is 343 g/mol. The van der Waals surface area contributed by atoms with Crippen LogP contribution in [0.1, 0.15) is 18.3 Å². The summed E-state index contributed by atoms with van der Waals surface area (Å²) in [4.78, 5) is 9.44. The Kier molecular flexibility index (Phi) is 4.71. The van der Waals surface area contributed by atoms with E-state index in [1.807, 2.05) is 6.92 Å². The summed E-state index contributed by atoms with van der Waals surface area (Å²) < 4.78 is 42.0. The number of rotatable bonds is 6. The van der Waals surface area contributed by atoms with Crippen LogP contribution in [0.2, 0.25) is 0 Å². The van der Waals surface area contributed by atoms with Crippen molar-refractivity contribution in [3.63, 3.8) is 0 Å². The number of nitro groups is 1. The maximum Gasteiger partial charge on any atom is 0.289 e. The predicted molar refractivity (Wildman–Crippen MR) is 77.5 cm³/mol. The van der Waals surface area contributed by atoms with Crippen molar-refractivity contribution in [1.82, 2.24) is 19.5 Å². The van der Waals surface area contributed by atoms with E-state index in [0.717, 1.165) is 6.07 Å². The zero-order chi connectivity index (χ0) is 17.2. The normalized spacial score (nSPS) is 11.6. The van der Waals surface area contributed by atoms with Crippen LogP contribution in [0.25, 0.3) is 0 Å². The summed E-state index contributed by atoms with van der Waals surface area (Å²) in [6.45, 7) is 3.45. The molecule has 23 heavy (non-hydrogen) atoms. The first kappa shape index (κ1) is 17.0. The SMILES string of the molecule is CCn1cnnc1CNS(=O)(=O)c1cc(F)c(C)cc1[N+](=O)[O-]. The van der Waals surface area contributed by atoms with Crippen molar-refractivity contribution in [3.05, 3.63) is 45.8 Å². The van der Waals surface area contributed by atoms with Gasteiger partial charge >= 0.3 is 0 Å². The Morgan fingerprint density at radius 1 is 1.43 bits per heavy atom. The molecule has 0 saturated carbocycles. The highest BCUT2D eigenvalue weighted by molar-refractivity contribution is 7.89. The zero-order valence-corrected chi connectivity index (χ0v) is 13.2. The van der Waals surface area contributed by atoms with Crippen molar-refractivity contribution in [2.45, 2.75) is 31.8 Å². The summed E-state index contributed by atoms with van der Waals surface area (Å²) in [6, 6.07) is 1.53. The molecular weight excluding hydrogens is 329 g/mol. The maximum atomic E-state index is 13.6. The van der Waals surface area contributed by atoms with Gasteiger partial charge in [0.2, 0.25) is 10.0 Å². The average Bonchev–Trinajstić information content (AvgIpc) is 2.94. The van der Waals surface area contributed by atoms with E-state index in [9.17, 15) is 22.9 Å². The second-order valence-corrected chi connectivity index (χ2v) is 6.42. The van der Waals surface area contributed by atoms with Gasteiger partial charge < -0.3 is 4.57 Å². The molecule has 2 rings (SSSR count).